The summed E-state index contributed by atoms with van der Waals surface area (Å²) in [6.07, 6.45) is -26.9. The van der Waals surface area contributed by atoms with Gasteiger partial charge in [-0.1, -0.05) is 0 Å². The van der Waals surface area contributed by atoms with E-state index in [-0.39, 0.29) is 22.7 Å². The summed E-state index contributed by atoms with van der Waals surface area (Å²) in [4.78, 5) is 13.7. The lowest BCUT2D eigenvalue weighted by Gasteiger charge is -2.46. The van der Waals surface area contributed by atoms with Crippen LogP contribution in [-0.2, 0) is 23.7 Å². The highest BCUT2D eigenvalue weighted by Gasteiger charge is 2.52. The number of rotatable bonds is 10. The molecule has 13 N–H and O–H groups in total. The number of phenolic OH excluding ortho intramolecular Hbond substituents is 3. The van der Waals surface area contributed by atoms with Gasteiger partial charge in [0.15, 0.2) is 18.3 Å². The average molecular weight is 773 g/mol. The molecule has 0 radical (unpaired) electrons. The molecule has 3 aliphatic heterocycles. The first kappa shape index (κ1) is 39.9. The lowest BCUT2D eigenvalue weighted by molar-refractivity contribution is -0.363. The lowest BCUT2D eigenvalue weighted by Crippen LogP contribution is -2.65. The van der Waals surface area contributed by atoms with Gasteiger partial charge in [-0.05, 0) is 24.3 Å². The van der Waals surface area contributed by atoms with Crippen LogP contribution in [0.25, 0.3) is 22.3 Å². The minimum Gasteiger partial charge on any atom is -0.508 e. The maximum absolute atomic E-state index is 13.7. The number of hydrogen-bond acceptors (Lipinski definition) is 21. The predicted octanol–water partition coefficient (Wildman–Crippen LogP) is -4.60. The molecule has 3 fully saturated rings. The quantitative estimate of drug-likeness (QED) is 0.0922. The summed E-state index contributed by atoms with van der Waals surface area (Å²) in [5.74, 6) is -2.26. The van der Waals surface area contributed by atoms with Gasteiger partial charge in [0.2, 0.25) is 17.5 Å². The van der Waals surface area contributed by atoms with Crippen molar-refractivity contribution in [1.29, 1.82) is 0 Å². The molecule has 4 heterocycles. The molecule has 3 aromatic rings. The van der Waals surface area contributed by atoms with Gasteiger partial charge < -0.3 is 99.2 Å². The van der Waals surface area contributed by atoms with Crippen molar-refractivity contribution in [2.75, 3.05) is 19.8 Å². The summed E-state index contributed by atoms with van der Waals surface area (Å²) in [6.45, 7) is -2.41. The number of aliphatic hydroxyl groups is 10. The second-order valence-corrected chi connectivity index (χ2v) is 12.9. The van der Waals surface area contributed by atoms with E-state index in [4.69, 9.17) is 32.8 Å². The molecular weight excluding hydrogens is 732 g/mol. The number of aliphatic hydroxyl groups excluding tert-OH is 10. The zero-order valence-corrected chi connectivity index (χ0v) is 27.8. The smallest absolute Gasteiger partial charge is 0.239 e. The van der Waals surface area contributed by atoms with Gasteiger partial charge in [-0.2, -0.15) is 0 Å². The van der Waals surface area contributed by atoms with Crippen LogP contribution in [0.5, 0.6) is 23.0 Å². The van der Waals surface area contributed by atoms with E-state index >= 15 is 0 Å². The van der Waals surface area contributed by atoms with Gasteiger partial charge in [-0.15, -0.1) is 0 Å². The number of phenols is 3. The monoisotopic (exact) mass is 772 g/mol. The molecule has 0 saturated carbocycles. The van der Waals surface area contributed by atoms with E-state index in [2.05, 4.69) is 0 Å². The molecule has 2 aromatic carbocycles. The third-order valence-electron chi connectivity index (χ3n) is 9.33. The van der Waals surface area contributed by atoms with Crippen molar-refractivity contribution in [3.8, 4) is 34.3 Å². The first-order valence-electron chi connectivity index (χ1n) is 16.5. The number of aromatic hydroxyl groups is 3. The fourth-order valence-electron chi connectivity index (χ4n) is 6.33. The van der Waals surface area contributed by atoms with Crippen LogP contribution in [0.1, 0.15) is 0 Å². The average Bonchev–Trinajstić information content (AvgIpc) is 3.14. The molecule has 54 heavy (non-hydrogen) atoms. The third kappa shape index (κ3) is 7.58. The predicted molar refractivity (Wildman–Crippen MR) is 173 cm³/mol. The van der Waals surface area contributed by atoms with E-state index in [9.17, 15) is 71.2 Å². The molecule has 21 nitrogen and oxygen atoms in total. The van der Waals surface area contributed by atoms with Crippen LogP contribution in [0.2, 0.25) is 0 Å². The van der Waals surface area contributed by atoms with Crippen LogP contribution < -0.4 is 10.2 Å². The maximum Gasteiger partial charge on any atom is 0.239 e. The molecular formula is C33H40O21. The highest BCUT2D eigenvalue weighted by atomic mass is 16.8. The summed E-state index contributed by atoms with van der Waals surface area (Å²) in [5.41, 5.74) is -1.14. The van der Waals surface area contributed by atoms with Crippen molar-refractivity contribution in [3.63, 3.8) is 0 Å². The summed E-state index contributed by atoms with van der Waals surface area (Å²) >= 11 is 0. The first-order valence-corrected chi connectivity index (χ1v) is 16.5. The molecule has 3 saturated heterocycles. The van der Waals surface area contributed by atoms with Crippen molar-refractivity contribution in [3.05, 3.63) is 46.6 Å². The fraction of sp³-hybridized carbons (Fsp3) is 0.545. The Bertz CT molecular complexity index is 1800. The van der Waals surface area contributed by atoms with E-state index in [1.807, 2.05) is 0 Å². The molecule has 3 aliphatic rings. The number of hydrogen-bond donors (Lipinski definition) is 13. The highest BCUT2D eigenvalue weighted by Crippen LogP contribution is 2.38. The van der Waals surface area contributed by atoms with Crippen LogP contribution in [0, 0.1) is 0 Å². The van der Waals surface area contributed by atoms with Crippen molar-refractivity contribution >= 4 is 11.0 Å². The Morgan fingerprint density at radius 3 is 1.83 bits per heavy atom. The van der Waals surface area contributed by atoms with Gasteiger partial charge in [0.1, 0.15) is 101 Å². The highest BCUT2D eigenvalue weighted by molar-refractivity contribution is 5.88. The molecule has 21 heteroatoms. The van der Waals surface area contributed by atoms with E-state index in [0.29, 0.717) is 0 Å². The van der Waals surface area contributed by atoms with Crippen molar-refractivity contribution < 1.29 is 99.2 Å². The standard InChI is InChI=1S/C33H40O21/c34-7-15-19(39)22(42)25(45)32(50-15)53-29-16(8-35)51-31(27(47)24(29)44)48-9-17-20(40)23(43)26(46)33(52-17)54-30-21(41)18-13(38)5-12(37)6-14(18)49-28(30)10-1-3-11(36)4-2-10/h1-6,15-17,19-20,22-27,29,31-40,42-47H,7-9H2/t15-,16-,17-,19-,20-,22+,23+,24-,25-,26+,27-,29-,31-,32+,33+/m1/s1. The Morgan fingerprint density at radius 1 is 0.611 bits per heavy atom. The molecule has 6 rings (SSSR count). The normalized spacial score (nSPS) is 37.3. The van der Waals surface area contributed by atoms with E-state index in [0.717, 1.165) is 12.1 Å². The summed E-state index contributed by atoms with van der Waals surface area (Å²) in [5, 5.41) is 134. The van der Waals surface area contributed by atoms with E-state index in [1.54, 1.807) is 0 Å². The van der Waals surface area contributed by atoms with E-state index in [1.165, 1.54) is 24.3 Å². The Hall–Kier alpha value is -3.75. The van der Waals surface area contributed by atoms with Crippen LogP contribution in [0.4, 0.5) is 0 Å². The van der Waals surface area contributed by atoms with Gasteiger partial charge in [0.25, 0.3) is 0 Å². The second-order valence-electron chi connectivity index (χ2n) is 12.9. The Morgan fingerprint density at radius 2 is 1.19 bits per heavy atom. The zero-order chi connectivity index (χ0) is 39.2. The van der Waals surface area contributed by atoms with Gasteiger partial charge >= 0.3 is 0 Å². The van der Waals surface area contributed by atoms with Crippen LogP contribution >= 0.6 is 0 Å². The number of benzene rings is 2. The zero-order valence-electron chi connectivity index (χ0n) is 27.8. The number of fused-ring (bicyclic) bond motifs is 1. The molecule has 1 aromatic heterocycles. The van der Waals surface area contributed by atoms with Gasteiger partial charge in [0, 0.05) is 17.7 Å². The van der Waals surface area contributed by atoms with Crippen LogP contribution in [0.15, 0.2) is 45.6 Å². The summed E-state index contributed by atoms with van der Waals surface area (Å²) in [7, 11) is 0. The molecule has 298 valence electrons. The summed E-state index contributed by atoms with van der Waals surface area (Å²) in [6, 6.07) is 7.11. The van der Waals surface area contributed by atoms with Gasteiger partial charge in [0.05, 0.1) is 19.8 Å². The molecule has 0 aliphatic carbocycles. The minimum atomic E-state index is -2.02. The minimum absolute atomic E-state index is 0.143. The third-order valence-corrected chi connectivity index (χ3v) is 9.33. The van der Waals surface area contributed by atoms with Crippen molar-refractivity contribution in [2.24, 2.45) is 0 Å². The largest absolute Gasteiger partial charge is 0.508 e. The first-order chi connectivity index (χ1) is 25.6. The van der Waals surface area contributed by atoms with Crippen LogP contribution in [-0.4, -0.2) is 178 Å². The SMILES string of the molecule is O=c1c(O[C@@H]2O[C@H](CO[C@@H]3O[C@H](CO)[C@@H](O[C@@H]4O[C@H](CO)[C@@H](O)[C@H](O)[C@H]4O)[C@H](O)[C@H]3O)[C@@H](O)[C@H](O)[C@@H]2O)c(-c2ccc(O)cc2)oc2cc(O)cc(O)c12. The second kappa shape index (κ2) is 16.2. The molecule has 0 spiro atoms. The maximum atomic E-state index is 13.7. The molecule has 0 amide bonds. The summed E-state index contributed by atoms with van der Waals surface area (Å²) < 4.78 is 39.1. The molecule has 0 bridgehead atoms. The Balaban J connectivity index is 1.19. The van der Waals surface area contributed by atoms with E-state index < -0.39 is 140 Å². The Kier molecular flexibility index (Phi) is 11.9. The van der Waals surface area contributed by atoms with Gasteiger partial charge in [-0.3, -0.25) is 4.79 Å². The fourth-order valence-corrected chi connectivity index (χ4v) is 6.33. The topological polar surface area (TPSA) is 349 Å². The Labute approximate surface area is 303 Å². The van der Waals surface area contributed by atoms with Crippen LogP contribution in [0.3, 0.4) is 0 Å². The molecule has 0 unspecified atom stereocenters. The van der Waals surface area contributed by atoms with Crippen molar-refractivity contribution in [2.45, 2.75) is 92.1 Å². The van der Waals surface area contributed by atoms with Crippen molar-refractivity contribution in [1.82, 2.24) is 0 Å². The number of ether oxygens (including phenoxy) is 6. The van der Waals surface area contributed by atoms with Gasteiger partial charge in [-0.25, -0.2) is 0 Å². The lowest BCUT2D eigenvalue weighted by atomic mass is 9.97. The molecule has 15 atom stereocenters.